The standard InChI is InChI=1S/C10H19NO4/c1-4-10(15,5-2)6-11-8(12)7(3)9(13)14/h7,15H,4-6H2,1-3H3,(H,11,12)(H,13,14). The first kappa shape index (κ1) is 13.9. The van der Waals surface area contributed by atoms with Crippen LogP contribution in [-0.2, 0) is 9.59 Å². The van der Waals surface area contributed by atoms with Crippen molar-refractivity contribution in [3.05, 3.63) is 0 Å². The number of hydrogen-bond donors (Lipinski definition) is 3. The number of carbonyl (C=O) groups excluding carboxylic acids is 1. The average Bonchev–Trinajstić information content (AvgIpc) is 2.24. The zero-order valence-electron chi connectivity index (χ0n) is 9.41. The van der Waals surface area contributed by atoms with Crippen LogP contribution in [0.15, 0.2) is 0 Å². The number of hydrogen-bond acceptors (Lipinski definition) is 3. The Morgan fingerprint density at radius 3 is 2.13 bits per heavy atom. The van der Waals surface area contributed by atoms with Gasteiger partial charge in [-0.3, -0.25) is 9.59 Å². The Kier molecular flexibility index (Phi) is 5.28. The summed E-state index contributed by atoms with van der Waals surface area (Å²) < 4.78 is 0. The van der Waals surface area contributed by atoms with Crippen molar-refractivity contribution in [2.45, 2.75) is 39.2 Å². The minimum Gasteiger partial charge on any atom is -0.481 e. The van der Waals surface area contributed by atoms with E-state index in [-0.39, 0.29) is 6.54 Å². The first-order valence-corrected chi connectivity index (χ1v) is 5.09. The first-order valence-electron chi connectivity index (χ1n) is 5.09. The molecular weight excluding hydrogens is 198 g/mol. The van der Waals surface area contributed by atoms with E-state index in [9.17, 15) is 14.7 Å². The van der Waals surface area contributed by atoms with Crippen LogP contribution in [0.4, 0.5) is 0 Å². The Balaban J connectivity index is 4.16. The Labute approximate surface area is 89.5 Å². The fourth-order valence-electron chi connectivity index (χ4n) is 1.02. The molecule has 0 saturated carbocycles. The number of aliphatic carboxylic acids is 1. The van der Waals surface area contributed by atoms with Crippen LogP contribution in [0, 0.1) is 5.92 Å². The molecule has 0 rings (SSSR count). The molecule has 0 aliphatic rings. The van der Waals surface area contributed by atoms with Crippen molar-refractivity contribution in [2.75, 3.05) is 6.54 Å². The predicted molar refractivity (Wildman–Crippen MR) is 55.3 cm³/mol. The second-order valence-electron chi connectivity index (χ2n) is 3.71. The van der Waals surface area contributed by atoms with Gasteiger partial charge >= 0.3 is 5.97 Å². The minimum absolute atomic E-state index is 0.0937. The Morgan fingerprint density at radius 2 is 1.80 bits per heavy atom. The van der Waals surface area contributed by atoms with E-state index in [4.69, 9.17) is 5.11 Å². The van der Waals surface area contributed by atoms with Crippen LogP contribution in [0.5, 0.6) is 0 Å². The number of carboxylic acid groups (broad SMARTS) is 1. The summed E-state index contributed by atoms with van der Waals surface area (Å²) >= 11 is 0. The van der Waals surface area contributed by atoms with Gasteiger partial charge in [-0.25, -0.2) is 0 Å². The lowest BCUT2D eigenvalue weighted by Gasteiger charge is -2.25. The molecule has 88 valence electrons. The number of nitrogens with one attached hydrogen (secondary N) is 1. The SMILES string of the molecule is CCC(O)(CC)CNC(=O)C(C)C(=O)O. The van der Waals surface area contributed by atoms with Gasteiger partial charge in [0.15, 0.2) is 0 Å². The molecule has 0 heterocycles. The number of carboxylic acids is 1. The molecule has 5 nitrogen and oxygen atoms in total. The number of aliphatic hydroxyl groups is 1. The number of rotatable bonds is 6. The Bertz CT molecular complexity index is 236. The maximum atomic E-state index is 11.3. The van der Waals surface area contributed by atoms with Gasteiger partial charge in [-0.1, -0.05) is 13.8 Å². The molecule has 0 saturated heterocycles. The van der Waals surface area contributed by atoms with E-state index in [0.29, 0.717) is 12.8 Å². The van der Waals surface area contributed by atoms with Gasteiger partial charge in [0.25, 0.3) is 0 Å². The van der Waals surface area contributed by atoms with Gasteiger partial charge in [-0.15, -0.1) is 0 Å². The highest BCUT2D eigenvalue weighted by molar-refractivity contribution is 5.96. The van der Waals surface area contributed by atoms with E-state index in [1.807, 2.05) is 13.8 Å². The third-order valence-electron chi connectivity index (χ3n) is 2.67. The van der Waals surface area contributed by atoms with Crippen LogP contribution < -0.4 is 5.32 Å². The molecule has 0 spiro atoms. The quantitative estimate of drug-likeness (QED) is 0.561. The largest absolute Gasteiger partial charge is 0.481 e. The molecule has 0 aliphatic heterocycles. The summed E-state index contributed by atoms with van der Waals surface area (Å²) in [6.07, 6.45) is 1.04. The Hall–Kier alpha value is -1.10. The number of amides is 1. The molecule has 0 radical (unpaired) electrons. The molecular formula is C10H19NO4. The lowest BCUT2D eigenvalue weighted by molar-refractivity contribution is -0.146. The second kappa shape index (κ2) is 5.70. The molecule has 3 N–H and O–H groups in total. The second-order valence-corrected chi connectivity index (χ2v) is 3.71. The minimum atomic E-state index is -1.16. The molecule has 0 fully saturated rings. The smallest absolute Gasteiger partial charge is 0.315 e. The lowest BCUT2D eigenvalue weighted by Crippen LogP contribution is -2.44. The van der Waals surface area contributed by atoms with Crippen LogP contribution in [0.3, 0.4) is 0 Å². The summed E-state index contributed by atoms with van der Waals surface area (Å²) in [6.45, 7) is 5.04. The summed E-state index contributed by atoms with van der Waals surface area (Å²) in [4.78, 5) is 21.7. The molecule has 0 aromatic carbocycles. The molecule has 1 amide bonds. The van der Waals surface area contributed by atoms with E-state index in [0.717, 1.165) is 0 Å². The molecule has 15 heavy (non-hydrogen) atoms. The monoisotopic (exact) mass is 217 g/mol. The summed E-state index contributed by atoms with van der Waals surface area (Å²) in [6, 6.07) is 0. The van der Waals surface area contributed by atoms with Crippen LogP contribution in [0.1, 0.15) is 33.6 Å². The summed E-state index contributed by atoms with van der Waals surface area (Å²) in [7, 11) is 0. The number of carbonyl (C=O) groups is 2. The van der Waals surface area contributed by atoms with Gasteiger partial charge in [-0.2, -0.15) is 0 Å². The van der Waals surface area contributed by atoms with Gasteiger partial charge in [0, 0.05) is 6.54 Å². The fourth-order valence-corrected chi connectivity index (χ4v) is 1.02. The van der Waals surface area contributed by atoms with Crippen molar-refractivity contribution in [1.82, 2.24) is 5.32 Å². The van der Waals surface area contributed by atoms with Crippen LogP contribution in [-0.4, -0.2) is 34.2 Å². The van der Waals surface area contributed by atoms with Crippen molar-refractivity contribution in [3.8, 4) is 0 Å². The first-order chi connectivity index (χ1) is 6.86. The van der Waals surface area contributed by atoms with Crippen molar-refractivity contribution < 1.29 is 19.8 Å². The van der Waals surface area contributed by atoms with Crippen LogP contribution in [0.2, 0.25) is 0 Å². The molecule has 1 unspecified atom stereocenters. The van der Waals surface area contributed by atoms with Crippen LogP contribution in [0.25, 0.3) is 0 Å². The summed E-state index contributed by atoms with van der Waals surface area (Å²) in [5.74, 6) is -2.81. The van der Waals surface area contributed by atoms with Crippen molar-refractivity contribution >= 4 is 11.9 Å². The summed E-state index contributed by atoms with van der Waals surface area (Å²) in [5, 5.41) is 20.8. The van der Waals surface area contributed by atoms with E-state index in [1.165, 1.54) is 6.92 Å². The van der Waals surface area contributed by atoms with Gasteiger partial charge in [0.2, 0.25) is 5.91 Å². The molecule has 5 heteroatoms. The van der Waals surface area contributed by atoms with Crippen molar-refractivity contribution in [1.29, 1.82) is 0 Å². The lowest BCUT2D eigenvalue weighted by atomic mass is 9.97. The third-order valence-corrected chi connectivity index (χ3v) is 2.67. The van der Waals surface area contributed by atoms with Gasteiger partial charge in [-0.05, 0) is 19.8 Å². The van der Waals surface area contributed by atoms with Gasteiger partial charge < -0.3 is 15.5 Å². The zero-order valence-corrected chi connectivity index (χ0v) is 9.41. The van der Waals surface area contributed by atoms with Crippen LogP contribution >= 0.6 is 0 Å². The summed E-state index contributed by atoms with van der Waals surface area (Å²) in [5.41, 5.74) is -0.937. The average molecular weight is 217 g/mol. The van der Waals surface area contributed by atoms with Crippen molar-refractivity contribution in [3.63, 3.8) is 0 Å². The van der Waals surface area contributed by atoms with E-state index in [1.54, 1.807) is 0 Å². The normalized spacial score (nSPS) is 13.3. The van der Waals surface area contributed by atoms with Gasteiger partial charge in [0.1, 0.15) is 5.92 Å². The zero-order chi connectivity index (χ0) is 12.1. The third kappa shape index (κ3) is 4.29. The van der Waals surface area contributed by atoms with Crippen molar-refractivity contribution in [2.24, 2.45) is 5.92 Å². The van der Waals surface area contributed by atoms with Gasteiger partial charge in [0.05, 0.1) is 5.60 Å². The maximum absolute atomic E-state index is 11.3. The highest BCUT2D eigenvalue weighted by Crippen LogP contribution is 2.13. The topological polar surface area (TPSA) is 86.6 Å². The maximum Gasteiger partial charge on any atom is 0.315 e. The van der Waals surface area contributed by atoms with E-state index >= 15 is 0 Å². The highest BCUT2D eigenvalue weighted by atomic mass is 16.4. The molecule has 1 atom stereocenters. The highest BCUT2D eigenvalue weighted by Gasteiger charge is 2.26. The molecule has 0 bridgehead atoms. The predicted octanol–water partition coefficient (Wildman–Crippen LogP) is 0.374. The molecule has 0 aromatic rings. The molecule has 0 aromatic heterocycles. The Morgan fingerprint density at radius 1 is 1.33 bits per heavy atom. The molecule has 0 aliphatic carbocycles. The van der Waals surface area contributed by atoms with E-state index in [2.05, 4.69) is 5.32 Å². The van der Waals surface area contributed by atoms with E-state index < -0.39 is 23.4 Å². The fraction of sp³-hybridized carbons (Fsp3) is 0.800.